The smallest absolute Gasteiger partial charge is 0.388 e. The number of halogens is 3. The molecular weight excluding hydrogens is 285 g/mol. The highest BCUT2D eigenvalue weighted by Gasteiger charge is 2.36. The maximum absolute atomic E-state index is 12.9. The lowest BCUT2D eigenvalue weighted by molar-refractivity contribution is -0.141. The summed E-state index contributed by atoms with van der Waals surface area (Å²) in [4.78, 5) is 9.29. The first-order valence-corrected chi connectivity index (χ1v) is 6.89. The molecule has 1 saturated heterocycles. The van der Waals surface area contributed by atoms with Gasteiger partial charge < -0.3 is 15.3 Å². The van der Waals surface area contributed by atoms with Gasteiger partial charge in [0, 0.05) is 25.7 Å². The monoisotopic (exact) mass is 304 g/mol. The zero-order chi connectivity index (χ0) is 15.7. The van der Waals surface area contributed by atoms with Gasteiger partial charge in [0.2, 0.25) is 5.95 Å². The van der Waals surface area contributed by atoms with Gasteiger partial charge in [0.15, 0.2) is 5.69 Å². The molecule has 1 aliphatic heterocycles. The second-order valence-corrected chi connectivity index (χ2v) is 5.53. The minimum atomic E-state index is -4.53. The molecule has 21 heavy (non-hydrogen) atoms. The highest BCUT2D eigenvalue weighted by molar-refractivity contribution is 5.47. The number of nitrogens with one attached hydrogen (secondary N) is 1. The van der Waals surface area contributed by atoms with Gasteiger partial charge in [-0.25, -0.2) is 4.98 Å². The minimum absolute atomic E-state index is 0.0341. The lowest BCUT2D eigenvalue weighted by Crippen LogP contribution is -2.30. The highest BCUT2D eigenvalue weighted by Crippen LogP contribution is 2.32. The van der Waals surface area contributed by atoms with E-state index in [1.807, 2.05) is 6.92 Å². The summed E-state index contributed by atoms with van der Waals surface area (Å²) >= 11 is 0. The van der Waals surface area contributed by atoms with Crippen molar-refractivity contribution in [3.63, 3.8) is 0 Å². The molecule has 2 rings (SSSR count). The molecule has 0 aromatic carbocycles. The first-order valence-electron chi connectivity index (χ1n) is 6.89. The average molecular weight is 304 g/mol. The zero-order valence-electron chi connectivity index (χ0n) is 12.0. The molecule has 1 fully saturated rings. The Kier molecular flexibility index (Phi) is 4.27. The molecular formula is C13H19F3N4O. The van der Waals surface area contributed by atoms with Gasteiger partial charge >= 0.3 is 6.18 Å². The first-order chi connectivity index (χ1) is 9.71. The molecule has 1 atom stereocenters. The van der Waals surface area contributed by atoms with Gasteiger partial charge in [-0.2, -0.15) is 18.2 Å². The summed E-state index contributed by atoms with van der Waals surface area (Å²) in [6.45, 7) is 4.79. The van der Waals surface area contributed by atoms with Crippen molar-refractivity contribution >= 4 is 11.8 Å². The maximum atomic E-state index is 12.9. The van der Waals surface area contributed by atoms with Gasteiger partial charge in [-0.3, -0.25) is 0 Å². The van der Waals surface area contributed by atoms with Gasteiger partial charge in [-0.05, 0) is 19.8 Å². The van der Waals surface area contributed by atoms with Crippen LogP contribution in [0.4, 0.5) is 24.9 Å². The van der Waals surface area contributed by atoms with E-state index < -0.39 is 17.5 Å². The van der Waals surface area contributed by atoms with Gasteiger partial charge in [-0.15, -0.1) is 0 Å². The predicted octanol–water partition coefficient (Wildman–Crippen LogP) is 2.28. The predicted molar refractivity (Wildman–Crippen MR) is 73.3 cm³/mol. The number of alkyl halides is 3. The van der Waals surface area contributed by atoms with E-state index in [4.69, 9.17) is 0 Å². The topological polar surface area (TPSA) is 61.3 Å². The Hall–Kier alpha value is -1.57. The number of aliphatic hydroxyl groups is 1. The van der Waals surface area contributed by atoms with Crippen LogP contribution < -0.4 is 10.2 Å². The summed E-state index contributed by atoms with van der Waals surface area (Å²) in [5, 5.41) is 12.7. The highest BCUT2D eigenvalue weighted by atomic mass is 19.4. The Bertz CT molecular complexity index is 505. The van der Waals surface area contributed by atoms with Gasteiger partial charge in [0.25, 0.3) is 0 Å². The number of rotatable bonds is 4. The Morgan fingerprint density at radius 2 is 2.14 bits per heavy atom. The van der Waals surface area contributed by atoms with Crippen molar-refractivity contribution in [2.45, 2.75) is 38.5 Å². The first kappa shape index (κ1) is 15.8. The van der Waals surface area contributed by atoms with Crippen LogP contribution in [0.25, 0.3) is 0 Å². The van der Waals surface area contributed by atoms with E-state index in [-0.39, 0.29) is 18.3 Å². The minimum Gasteiger partial charge on any atom is -0.388 e. The Morgan fingerprint density at radius 1 is 1.43 bits per heavy atom. The molecule has 118 valence electrons. The SMILES string of the molecule is CCCNc1nc(N2CCC(C)(O)C2)cc(C(F)(F)F)n1. The zero-order valence-corrected chi connectivity index (χ0v) is 12.0. The second kappa shape index (κ2) is 5.67. The molecule has 0 aliphatic carbocycles. The summed E-state index contributed by atoms with van der Waals surface area (Å²) in [5.74, 6) is 0.155. The summed E-state index contributed by atoms with van der Waals surface area (Å²) in [7, 11) is 0. The van der Waals surface area contributed by atoms with Gasteiger partial charge in [-0.1, -0.05) is 6.92 Å². The number of hydrogen-bond acceptors (Lipinski definition) is 5. The van der Waals surface area contributed by atoms with E-state index in [9.17, 15) is 18.3 Å². The molecule has 1 aliphatic rings. The molecule has 1 unspecified atom stereocenters. The second-order valence-electron chi connectivity index (χ2n) is 5.53. The third-order valence-corrected chi connectivity index (χ3v) is 3.31. The molecule has 0 bridgehead atoms. The number of aromatic nitrogens is 2. The molecule has 2 N–H and O–H groups in total. The summed E-state index contributed by atoms with van der Waals surface area (Å²) < 4.78 is 38.8. The Morgan fingerprint density at radius 3 is 2.67 bits per heavy atom. The number of anilines is 2. The van der Waals surface area contributed by atoms with Crippen molar-refractivity contribution < 1.29 is 18.3 Å². The third-order valence-electron chi connectivity index (χ3n) is 3.31. The van der Waals surface area contributed by atoms with Crippen LogP contribution in [0.2, 0.25) is 0 Å². The molecule has 8 heteroatoms. The van der Waals surface area contributed by atoms with Crippen molar-refractivity contribution in [3.8, 4) is 0 Å². The average Bonchev–Trinajstić information content (AvgIpc) is 2.75. The van der Waals surface area contributed by atoms with Crippen molar-refractivity contribution in [3.05, 3.63) is 11.8 Å². The lowest BCUT2D eigenvalue weighted by atomic mass is 10.1. The van der Waals surface area contributed by atoms with Crippen LogP contribution in [0.5, 0.6) is 0 Å². The molecule has 1 aromatic heterocycles. The van der Waals surface area contributed by atoms with E-state index in [0.717, 1.165) is 12.5 Å². The van der Waals surface area contributed by atoms with Crippen LogP contribution in [0.15, 0.2) is 6.07 Å². The molecule has 0 spiro atoms. The van der Waals surface area contributed by atoms with Crippen LogP contribution in [-0.4, -0.2) is 40.3 Å². The van der Waals surface area contributed by atoms with Gasteiger partial charge in [0.1, 0.15) is 5.82 Å². The fourth-order valence-electron chi connectivity index (χ4n) is 2.20. The number of hydrogen-bond donors (Lipinski definition) is 2. The van der Waals surface area contributed by atoms with Crippen LogP contribution in [0.1, 0.15) is 32.4 Å². The third kappa shape index (κ3) is 3.96. The molecule has 2 heterocycles. The van der Waals surface area contributed by atoms with Crippen molar-refractivity contribution in [2.24, 2.45) is 0 Å². The molecule has 5 nitrogen and oxygen atoms in total. The largest absolute Gasteiger partial charge is 0.433 e. The number of β-amino-alcohol motifs (C(OH)–C–C–N with tert-alkyl or cyclic N) is 1. The Balaban J connectivity index is 2.31. The summed E-state index contributed by atoms with van der Waals surface area (Å²) in [5.41, 5.74) is -1.88. The molecule has 0 radical (unpaired) electrons. The lowest BCUT2D eigenvalue weighted by Gasteiger charge is -2.21. The normalized spacial score (nSPS) is 22.7. The van der Waals surface area contributed by atoms with E-state index >= 15 is 0 Å². The van der Waals surface area contributed by atoms with E-state index in [2.05, 4.69) is 15.3 Å². The fraction of sp³-hybridized carbons (Fsp3) is 0.692. The van der Waals surface area contributed by atoms with Crippen LogP contribution in [-0.2, 0) is 6.18 Å². The van der Waals surface area contributed by atoms with Crippen LogP contribution in [0.3, 0.4) is 0 Å². The molecule has 0 saturated carbocycles. The van der Waals surface area contributed by atoms with Crippen molar-refractivity contribution in [2.75, 3.05) is 29.9 Å². The van der Waals surface area contributed by atoms with Crippen LogP contribution in [0, 0.1) is 0 Å². The maximum Gasteiger partial charge on any atom is 0.433 e. The standard InChI is InChI=1S/C13H19F3N4O/c1-3-5-17-11-18-9(13(14,15)16)7-10(19-11)20-6-4-12(2,21)8-20/h7,21H,3-6,8H2,1-2H3,(H,17,18,19). The molecule has 1 aromatic rings. The summed E-state index contributed by atoms with van der Waals surface area (Å²) in [6, 6.07) is 0.929. The fourth-order valence-corrected chi connectivity index (χ4v) is 2.20. The molecule has 0 amide bonds. The van der Waals surface area contributed by atoms with E-state index in [1.165, 1.54) is 0 Å². The van der Waals surface area contributed by atoms with E-state index in [0.29, 0.717) is 19.5 Å². The quantitative estimate of drug-likeness (QED) is 0.893. The Labute approximate surface area is 121 Å². The van der Waals surface area contributed by atoms with Crippen molar-refractivity contribution in [1.29, 1.82) is 0 Å². The van der Waals surface area contributed by atoms with Crippen molar-refractivity contribution in [1.82, 2.24) is 9.97 Å². The van der Waals surface area contributed by atoms with Gasteiger partial charge in [0.05, 0.1) is 5.60 Å². The number of nitrogens with zero attached hydrogens (tertiary/aromatic N) is 3. The van der Waals surface area contributed by atoms with E-state index in [1.54, 1.807) is 11.8 Å². The van der Waals surface area contributed by atoms with Crippen LogP contribution >= 0.6 is 0 Å². The summed E-state index contributed by atoms with van der Waals surface area (Å²) in [6.07, 6.45) is -3.27.